The van der Waals surface area contributed by atoms with Gasteiger partial charge in [0, 0.05) is 19.4 Å². The fraction of sp³-hybridized carbons (Fsp3) is 0.750. The van der Waals surface area contributed by atoms with Gasteiger partial charge in [-0.3, -0.25) is 14.5 Å². The largest absolute Gasteiger partial charge is 0.330 e. The Morgan fingerprint density at radius 2 is 2.33 bits per heavy atom. The van der Waals surface area contributed by atoms with Crippen LogP contribution >= 0.6 is 0 Å². The normalized spacial score (nSPS) is 17.1. The average Bonchev–Trinajstić information content (AvgIpc) is 2.47. The van der Waals surface area contributed by atoms with Gasteiger partial charge in [-0.15, -0.1) is 0 Å². The Bertz CT molecular complexity index is 191. The van der Waals surface area contributed by atoms with E-state index in [0.717, 1.165) is 6.42 Å². The minimum Gasteiger partial charge on any atom is -0.330 e. The zero-order chi connectivity index (χ0) is 8.97. The SMILES string of the molecule is NCCCC(=O)N1CCCC1=O. The standard InChI is InChI=1S/C8H14N2O2/c9-5-1-3-7(11)10-6-2-4-8(10)12/h1-6,9H2. The van der Waals surface area contributed by atoms with Crippen LogP contribution in [0.25, 0.3) is 0 Å². The number of amides is 2. The first-order valence-electron chi connectivity index (χ1n) is 4.29. The quantitative estimate of drug-likeness (QED) is 0.642. The summed E-state index contributed by atoms with van der Waals surface area (Å²) in [4.78, 5) is 23.7. The molecule has 0 aromatic rings. The Balaban J connectivity index is 2.36. The van der Waals surface area contributed by atoms with Crippen LogP contribution in [0.1, 0.15) is 25.7 Å². The number of carbonyl (C=O) groups excluding carboxylic acids is 2. The van der Waals surface area contributed by atoms with Crippen LogP contribution < -0.4 is 5.73 Å². The lowest BCUT2D eigenvalue weighted by Gasteiger charge is -2.12. The van der Waals surface area contributed by atoms with Crippen molar-refractivity contribution < 1.29 is 9.59 Å². The third-order valence-corrected chi connectivity index (χ3v) is 1.97. The molecule has 12 heavy (non-hydrogen) atoms. The Morgan fingerprint density at radius 1 is 1.58 bits per heavy atom. The van der Waals surface area contributed by atoms with Gasteiger partial charge < -0.3 is 5.73 Å². The van der Waals surface area contributed by atoms with Crippen LogP contribution in [0.5, 0.6) is 0 Å². The number of nitrogens with zero attached hydrogens (tertiary/aromatic N) is 1. The summed E-state index contributed by atoms with van der Waals surface area (Å²) in [6.45, 7) is 1.11. The van der Waals surface area contributed by atoms with Crippen LogP contribution in [0.2, 0.25) is 0 Å². The lowest BCUT2D eigenvalue weighted by Crippen LogP contribution is -2.31. The number of hydrogen-bond acceptors (Lipinski definition) is 3. The van der Waals surface area contributed by atoms with E-state index in [-0.39, 0.29) is 11.8 Å². The fourth-order valence-electron chi connectivity index (χ4n) is 1.30. The summed E-state index contributed by atoms with van der Waals surface area (Å²) < 4.78 is 0. The van der Waals surface area contributed by atoms with Crippen molar-refractivity contribution in [2.45, 2.75) is 25.7 Å². The molecule has 1 rings (SSSR count). The first-order chi connectivity index (χ1) is 5.75. The molecule has 0 unspecified atom stereocenters. The van der Waals surface area contributed by atoms with Crippen LogP contribution in [0.3, 0.4) is 0 Å². The fourth-order valence-corrected chi connectivity index (χ4v) is 1.30. The van der Waals surface area contributed by atoms with E-state index in [1.807, 2.05) is 0 Å². The molecule has 1 fully saturated rings. The predicted molar refractivity (Wildman–Crippen MR) is 44.2 cm³/mol. The van der Waals surface area contributed by atoms with Crippen LogP contribution in [-0.2, 0) is 9.59 Å². The first kappa shape index (κ1) is 9.19. The maximum atomic E-state index is 11.3. The minimum atomic E-state index is -0.0667. The van der Waals surface area contributed by atoms with E-state index < -0.39 is 0 Å². The molecule has 0 aromatic heterocycles. The molecule has 1 heterocycles. The van der Waals surface area contributed by atoms with Crippen molar-refractivity contribution in [3.8, 4) is 0 Å². The molecule has 0 saturated carbocycles. The maximum Gasteiger partial charge on any atom is 0.229 e. The third kappa shape index (κ3) is 2.04. The second-order valence-corrected chi connectivity index (χ2v) is 2.93. The number of rotatable bonds is 3. The zero-order valence-corrected chi connectivity index (χ0v) is 7.08. The number of likely N-dealkylation sites (tertiary alicyclic amines) is 1. The summed E-state index contributed by atoms with van der Waals surface area (Å²) in [5.74, 6) is -0.0972. The number of hydrogen-bond donors (Lipinski definition) is 1. The van der Waals surface area contributed by atoms with E-state index in [4.69, 9.17) is 5.73 Å². The molecule has 2 N–H and O–H groups in total. The number of imide groups is 1. The second-order valence-electron chi connectivity index (χ2n) is 2.93. The molecule has 68 valence electrons. The monoisotopic (exact) mass is 170 g/mol. The minimum absolute atomic E-state index is 0.0305. The molecular weight excluding hydrogens is 156 g/mol. The van der Waals surface area contributed by atoms with E-state index in [9.17, 15) is 9.59 Å². The van der Waals surface area contributed by atoms with Gasteiger partial charge in [0.15, 0.2) is 0 Å². The average molecular weight is 170 g/mol. The second kappa shape index (κ2) is 4.21. The molecule has 0 spiro atoms. The van der Waals surface area contributed by atoms with Gasteiger partial charge in [0.25, 0.3) is 0 Å². The molecule has 1 aliphatic heterocycles. The third-order valence-electron chi connectivity index (χ3n) is 1.97. The summed E-state index contributed by atoms with van der Waals surface area (Å²) in [6.07, 6.45) is 2.41. The highest BCUT2D eigenvalue weighted by Gasteiger charge is 2.25. The summed E-state index contributed by atoms with van der Waals surface area (Å²) in [6, 6.07) is 0. The van der Waals surface area contributed by atoms with Gasteiger partial charge in [0.05, 0.1) is 0 Å². The molecule has 1 saturated heterocycles. The summed E-state index contributed by atoms with van der Waals surface area (Å²) in [5, 5.41) is 0. The van der Waals surface area contributed by atoms with Crippen molar-refractivity contribution in [2.24, 2.45) is 5.73 Å². The summed E-state index contributed by atoms with van der Waals surface area (Å²) in [7, 11) is 0. The van der Waals surface area contributed by atoms with Crippen LogP contribution in [-0.4, -0.2) is 29.8 Å². The molecule has 0 bridgehead atoms. The van der Waals surface area contributed by atoms with Crippen molar-refractivity contribution in [1.82, 2.24) is 4.90 Å². The van der Waals surface area contributed by atoms with Gasteiger partial charge in [-0.2, -0.15) is 0 Å². The van der Waals surface area contributed by atoms with Gasteiger partial charge in [-0.25, -0.2) is 0 Å². The highest BCUT2D eigenvalue weighted by atomic mass is 16.2. The summed E-state index contributed by atoms with van der Waals surface area (Å²) >= 11 is 0. The molecule has 1 aliphatic rings. The van der Waals surface area contributed by atoms with Gasteiger partial charge >= 0.3 is 0 Å². The molecule has 0 aromatic carbocycles. The van der Waals surface area contributed by atoms with Crippen molar-refractivity contribution in [3.05, 3.63) is 0 Å². The predicted octanol–water partition coefficient (Wildman–Crippen LogP) is -0.126. The van der Waals surface area contributed by atoms with Gasteiger partial charge in [-0.1, -0.05) is 0 Å². The molecule has 0 radical (unpaired) electrons. The zero-order valence-electron chi connectivity index (χ0n) is 7.08. The highest BCUT2D eigenvalue weighted by molar-refractivity contribution is 5.96. The Morgan fingerprint density at radius 3 is 2.83 bits per heavy atom. The first-order valence-corrected chi connectivity index (χ1v) is 4.29. The Labute approximate surface area is 71.7 Å². The molecule has 0 aliphatic carbocycles. The van der Waals surface area contributed by atoms with Crippen LogP contribution in [0, 0.1) is 0 Å². The number of carbonyl (C=O) groups is 2. The maximum absolute atomic E-state index is 11.3. The number of nitrogens with two attached hydrogens (primary N) is 1. The van der Waals surface area contributed by atoms with Crippen LogP contribution in [0.4, 0.5) is 0 Å². The molecule has 0 atom stereocenters. The van der Waals surface area contributed by atoms with E-state index in [0.29, 0.717) is 32.4 Å². The summed E-state index contributed by atoms with van der Waals surface area (Å²) in [5.41, 5.74) is 5.25. The molecule has 2 amide bonds. The highest BCUT2D eigenvalue weighted by Crippen LogP contribution is 2.11. The molecular formula is C8H14N2O2. The Hall–Kier alpha value is -0.900. The van der Waals surface area contributed by atoms with Crippen molar-refractivity contribution in [3.63, 3.8) is 0 Å². The van der Waals surface area contributed by atoms with Crippen LogP contribution in [0.15, 0.2) is 0 Å². The smallest absolute Gasteiger partial charge is 0.229 e. The topological polar surface area (TPSA) is 63.4 Å². The van der Waals surface area contributed by atoms with Gasteiger partial charge in [0.1, 0.15) is 0 Å². The Kier molecular flexibility index (Phi) is 3.22. The van der Waals surface area contributed by atoms with E-state index in [1.54, 1.807) is 0 Å². The van der Waals surface area contributed by atoms with Gasteiger partial charge in [0.2, 0.25) is 11.8 Å². The lowest BCUT2D eigenvalue weighted by atomic mass is 10.3. The van der Waals surface area contributed by atoms with Crippen molar-refractivity contribution in [2.75, 3.05) is 13.1 Å². The van der Waals surface area contributed by atoms with E-state index >= 15 is 0 Å². The van der Waals surface area contributed by atoms with E-state index in [2.05, 4.69) is 0 Å². The molecule has 4 nitrogen and oxygen atoms in total. The van der Waals surface area contributed by atoms with Crippen molar-refractivity contribution in [1.29, 1.82) is 0 Å². The van der Waals surface area contributed by atoms with Crippen molar-refractivity contribution >= 4 is 11.8 Å². The molecule has 4 heteroatoms. The lowest BCUT2D eigenvalue weighted by molar-refractivity contribution is -0.141. The van der Waals surface area contributed by atoms with E-state index in [1.165, 1.54) is 4.90 Å². The van der Waals surface area contributed by atoms with Gasteiger partial charge in [-0.05, 0) is 19.4 Å².